The van der Waals surface area contributed by atoms with Gasteiger partial charge < -0.3 is 98.7 Å². The van der Waals surface area contributed by atoms with E-state index in [2.05, 4.69) is 70.7 Å². The minimum Gasteiger partial charge on any atom is -0.480 e. The van der Waals surface area contributed by atoms with Crippen LogP contribution in [0.5, 0.6) is 0 Å². The highest BCUT2D eigenvalue weighted by atomic mass is 16.6. The van der Waals surface area contributed by atoms with Crippen LogP contribution < -0.4 is 69.5 Å². The number of carboxylic acid groups (broad SMARTS) is 1. The fourth-order valence-electron chi connectivity index (χ4n) is 9.96. The van der Waals surface area contributed by atoms with E-state index in [4.69, 9.17) is 24.7 Å². The molecular formula is C71H123N13O19. The van der Waals surface area contributed by atoms with Crippen molar-refractivity contribution < 1.29 is 91.5 Å². The maximum absolute atomic E-state index is 15.0. The molecule has 0 heterocycles. The van der Waals surface area contributed by atoms with Gasteiger partial charge in [-0.15, -0.1) is 0 Å². The molecule has 586 valence electrons. The molecular weight excluding hydrogens is 1340 g/mol. The van der Waals surface area contributed by atoms with E-state index in [0.717, 1.165) is 25.7 Å². The third-order valence-electron chi connectivity index (χ3n) is 14.7. The Labute approximate surface area is 607 Å². The molecule has 0 fully saturated rings. The number of nitrogens with one attached hydrogen (secondary N) is 12. The summed E-state index contributed by atoms with van der Waals surface area (Å²) in [6, 6.07) is -3.72. The van der Waals surface area contributed by atoms with E-state index in [-0.39, 0.29) is 102 Å². The van der Waals surface area contributed by atoms with Crippen molar-refractivity contribution in [2.45, 2.75) is 291 Å². The number of rotatable bonds is 44. The number of alkyl carbamates (subject to hydrolysis) is 4. The number of aliphatic hydroxyl groups excluding tert-OH is 1. The molecule has 0 spiro atoms. The van der Waals surface area contributed by atoms with E-state index in [0.29, 0.717) is 18.4 Å². The van der Waals surface area contributed by atoms with Gasteiger partial charge in [-0.25, -0.2) is 24.0 Å². The summed E-state index contributed by atoms with van der Waals surface area (Å²) in [5.74, 6) is -9.29. The Morgan fingerprint density at radius 2 is 0.699 bits per heavy atom. The molecule has 103 heavy (non-hydrogen) atoms. The lowest BCUT2D eigenvalue weighted by molar-refractivity contribution is -0.143. The van der Waals surface area contributed by atoms with E-state index in [1.165, 1.54) is 0 Å². The average molecular weight is 1460 g/mol. The van der Waals surface area contributed by atoms with Gasteiger partial charge in [0.05, 0.1) is 12.5 Å². The van der Waals surface area contributed by atoms with Crippen LogP contribution in [0.2, 0.25) is 0 Å². The Balaban J connectivity index is 3.95. The monoisotopic (exact) mass is 1460 g/mol. The quantitative estimate of drug-likeness (QED) is 0.0318. The van der Waals surface area contributed by atoms with Crippen molar-refractivity contribution >= 4 is 77.6 Å². The summed E-state index contributed by atoms with van der Waals surface area (Å²) < 4.78 is 21.4. The number of aliphatic hydroxyl groups is 1. The minimum atomic E-state index is -1.62. The van der Waals surface area contributed by atoms with Gasteiger partial charge in [-0.2, -0.15) is 0 Å². The number of carbonyl (C=O) groups is 13. The molecule has 0 aliphatic carbocycles. The summed E-state index contributed by atoms with van der Waals surface area (Å²) in [6.07, 6.45) is -1.73. The lowest BCUT2D eigenvalue weighted by Crippen LogP contribution is -2.61. The number of carbonyl (C=O) groups excluding carboxylic acids is 12. The van der Waals surface area contributed by atoms with E-state index in [1.54, 1.807) is 141 Å². The Kier molecular flexibility index (Phi) is 41.5. The summed E-state index contributed by atoms with van der Waals surface area (Å²) in [7, 11) is 0. The fourth-order valence-corrected chi connectivity index (χ4v) is 9.96. The first kappa shape index (κ1) is 92.5. The second kappa shape index (κ2) is 46.2. The predicted molar refractivity (Wildman–Crippen MR) is 385 cm³/mol. The summed E-state index contributed by atoms with van der Waals surface area (Å²) >= 11 is 0. The molecule has 0 radical (unpaired) electrons. The molecule has 32 nitrogen and oxygen atoms in total. The fraction of sp³-hybridized carbons (Fsp3) is 0.732. The lowest BCUT2D eigenvalue weighted by Gasteiger charge is -2.29. The molecule has 0 unspecified atom stereocenters. The number of hydrogen-bond acceptors (Lipinski definition) is 19. The van der Waals surface area contributed by atoms with Crippen molar-refractivity contribution in [3.05, 3.63) is 35.9 Å². The molecule has 0 saturated heterocycles. The van der Waals surface area contributed by atoms with Gasteiger partial charge in [-0.3, -0.25) is 38.4 Å². The van der Waals surface area contributed by atoms with Crippen LogP contribution in [0, 0.1) is 11.8 Å². The Hall–Kier alpha value is -8.55. The van der Waals surface area contributed by atoms with Gasteiger partial charge in [0.25, 0.3) is 0 Å². The van der Waals surface area contributed by atoms with Crippen LogP contribution in [0.3, 0.4) is 0 Å². The first-order chi connectivity index (χ1) is 47.8. The van der Waals surface area contributed by atoms with Crippen molar-refractivity contribution in [3.63, 3.8) is 0 Å². The van der Waals surface area contributed by atoms with Crippen LogP contribution in [-0.2, 0) is 68.5 Å². The lowest BCUT2D eigenvalue weighted by atomic mass is 10.00. The van der Waals surface area contributed by atoms with Crippen molar-refractivity contribution in [3.8, 4) is 0 Å². The molecule has 32 heteroatoms. The highest BCUT2D eigenvalue weighted by molar-refractivity contribution is 5.98. The molecule has 1 aromatic rings. The molecule has 0 aromatic heterocycles. The van der Waals surface area contributed by atoms with Crippen molar-refractivity contribution in [1.82, 2.24) is 63.8 Å². The molecule has 0 bridgehead atoms. The largest absolute Gasteiger partial charge is 0.480 e. The maximum Gasteiger partial charge on any atom is 0.407 e. The molecule has 0 aliphatic heterocycles. The number of carboxylic acids is 1. The zero-order valence-corrected chi connectivity index (χ0v) is 63.8. The van der Waals surface area contributed by atoms with Crippen LogP contribution >= 0.6 is 0 Å². The van der Waals surface area contributed by atoms with Gasteiger partial charge in [-0.05, 0) is 158 Å². The van der Waals surface area contributed by atoms with E-state index in [9.17, 15) is 72.5 Å². The zero-order valence-electron chi connectivity index (χ0n) is 63.8. The molecule has 9 atom stereocenters. The molecule has 16 N–H and O–H groups in total. The Bertz CT molecular complexity index is 2870. The first-order valence-corrected chi connectivity index (χ1v) is 35.7. The number of aliphatic carboxylic acids is 1. The highest BCUT2D eigenvalue weighted by Gasteiger charge is 2.37. The van der Waals surface area contributed by atoms with Crippen LogP contribution in [0.25, 0.3) is 0 Å². The number of amides is 12. The number of hydrogen-bond donors (Lipinski definition) is 15. The predicted octanol–water partition coefficient (Wildman–Crippen LogP) is 4.40. The molecule has 12 amide bonds. The number of unbranched alkanes of at least 4 members (excludes halogenated alkanes) is 4. The summed E-state index contributed by atoms with van der Waals surface area (Å²) in [6.45, 7) is 27.4. The van der Waals surface area contributed by atoms with E-state index < -0.39 is 154 Å². The number of benzene rings is 1. The second-order valence-electron chi connectivity index (χ2n) is 30.3. The van der Waals surface area contributed by atoms with Crippen molar-refractivity contribution in [2.75, 3.05) is 32.7 Å². The molecule has 1 rings (SSSR count). The van der Waals surface area contributed by atoms with Gasteiger partial charge >= 0.3 is 30.3 Å². The standard InChI is InChI=1S/C71H123N13O19/c1-18-19-20-21-25-28-46(85)42-55(86)77-48(30-35-73-64(96)100-68(6,7)8)57(88)78-47(29-34-72)56(87)79-50(32-37-75-66(98)102-70(12,13)14)59(90)83-53(41-45-26-23-22-24-27-45)62(93)82-52(39-43(2)3)61(92)81-49(31-36-74-65(97)101-69(9,10)11)58(89)80-51(33-38-76-67(99)103-71(15,16)17)60(91)84-54(63(94)95)40-44(4)5/h22-24,26-27,43-44,46-54,85H,18-21,25,28-42,72H2,1-17H3,(H,73,96)(H,74,97)(H,75,98)(H,76,99)(H,77,86)(H,78,88)(H,79,87)(H,80,89)(H,81,92)(H,82,93)(H,83,90)(H,84,91)(H,94,95)/t46-,47+,48-,49+,50+,51+,52+,53-,54+/m1/s1. The molecule has 0 aliphatic rings. The zero-order chi connectivity index (χ0) is 78.4. The normalized spacial score (nSPS) is 14.3. The van der Waals surface area contributed by atoms with Gasteiger partial charge in [0.1, 0.15) is 70.7 Å². The third-order valence-corrected chi connectivity index (χ3v) is 14.7. The van der Waals surface area contributed by atoms with Crippen LogP contribution in [0.1, 0.15) is 213 Å². The van der Waals surface area contributed by atoms with E-state index >= 15 is 0 Å². The Morgan fingerprint density at radius 1 is 0.398 bits per heavy atom. The van der Waals surface area contributed by atoms with Crippen molar-refractivity contribution in [2.24, 2.45) is 17.6 Å². The van der Waals surface area contributed by atoms with Gasteiger partial charge in [0.15, 0.2) is 0 Å². The summed E-state index contributed by atoms with van der Waals surface area (Å²) in [5, 5.41) is 51.9. The van der Waals surface area contributed by atoms with Crippen LogP contribution in [-0.4, -0.2) is 197 Å². The van der Waals surface area contributed by atoms with Gasteiger partial charge in [0, 0.05) is 32.6 Å². The maximum atomic E-state index is 15.0. The number of ether oxygens (including phenoxy) is 4. The van der Waals surface area contributed by atoms with E-state index in [1.807, 2.05) is 0 Å². The number of nitrogens with two attached hydrogens (primary N) is 1. The highest BCUT2D eigenvalue weighted by Crippen LogP contribution is 2.16. The van der Waals surface area contributed by atoms with Crippen LogP contribution in [0.15, 0.2) is 30.3 Å². The second-order valence-corrected chi connectivity index (χ2v) is 30.3. The smallest absolute Gasteiger partial charge is 0.407 e. The van der Waals surface area contributed by atoms with Gasteiger partial charge in [-0.1, -0.05) is 97.1 Å². The summed E-state index contributed by atoms with van der Waals surface area (Å²) in [5.41, 5.74) is 2.86. The van der Waals surface area contributed by atoms with Gasteiger partial charge in [0.2, 0.25) is 47.3 Å². The summed E-state index contributed by atoms with van der Waals surface area (Å²) in [4.78, 5) is 179. The van der Waals surface area contributed by atoms with Crippen molar-refractivity contribution in [1.29, 1.82) is 0 Å². The molecule has 1 aromatic carbocycles. The third kappa shape index (κ3) is 43.9. The first-order valence-electron chi connectivity index (χ1n) is 35.7. The topological polar surface area (TPSA) is 470 Å². The SMILES string of the molecule is CCCCCCC[C@@H](O)CC(=O)N[C@H](CCNC(=O)OC(C)(C)C)C(=O)N[C@@H](CCN)C(=O)N[C@@H](CCNC(=O)OC(C)(C)C)C(=O)N[C@H](Cc1ccccc1)C(=O)N[C@@H](CC(C)C)C(=O)N[C@@H](CCNC(=O)OC(C)(C)C)C(=O)N[C@@H](CCNC(=O)OC(C)(C)C)C(=O)N[C@@H](CC(C)C)C(=O)O. The van der Waals surface area contributed by atoms with Crippen LogP contribution in [0.4, 0.5) is 19.2 Å². The molecule has 0 saturated carbocycles. The average Bonchev–Trinajstić information content (AvgIpc) is 0.853. The Morgan fingerprint density at radius 3 is 1.04 bits per heavy atom. The minimum absolute atomic E-state index is 0.00609.